The predicted octanol–water partition coefficient (Wildman–Crippen LogP) is 5.23. The number of carbonyl (C=O) groups is 1. The van der Waals surface area contributed by atoms with E-state index in [0.29, 0.717) is 28.7 Å². The molecule has 1 aromatic heterocycles. The molecule has 1 saturated heterocycles. The van der Waals surface area contributed by atoms with Gasteiger partial charge in [-0.2, -0.15) is 18.2 Å². The second-order valence-corrected chi connectivity index (χ2v) is 11.0. The van der Waals surface area contributed by atoms with Gasteiger partial charge in [0.05, 0.1) is 18.2 Å². The van der Waals surface area contributed by atoms with Gasteiger partial charge in [-0.3, -0.25) is 4.79 Å². The number of rotatable bonds is 7. The number of fused-ring (bicyclic) bond motifs is 1. The first kappa shape index (κ1) is 28.5. The van der Waals surface area contributed by atoms with Gasteiger partial charge in [0, 0.05) is 55.9 Å². The van der Waals surface area contributed by atoms with E-state index < -0.39 is 17.2 Å². The molecule has 5 rings (SSSR count). The number of carbonyl (C=O) groups excluding carboxylic acids is 1. The third kappa shape index (κ3) is 5.61. The Morgan fingerprint density at radius 2 is 1.98 bits per heavy atom. The maximum atomic E-state index is 13.9. The summed E-state index contributed by atoms with van der Waals surface area (Å²) in [6.45, 7) is 8.46. The van der Waals surface area contributed by atoms with Crippen LogP contribution < -0.4 is 25.6 Å². The molecule has 0 radical (unpaired) electrons. The van der Waals surface area contributed by atoms with Crippen molar-refractivity contribution in [1.82, 2.24) is 14.9 Å². The van der Waals surface area contributed by atoms with Crippen LogP contribution in [0.15, 0.2) is 42.6 Å². The van der Waals surface area contributed by atoms with Crippen LogP contribution in [0.5, 0.6) is 5.75 Å². The van der Waals surface area contributed by atoms with Gasteiger partial charge in [0.2, 0.25) is 11.9 Å². The molecule has 2 aromatic carbocycles. The number of alkyl halides is 3. The molecule has 2 aliphatic rings. The summed E-state index contributed by atoms with van der Waals surface area (Å²) in [5.41, 5.74) is 1.81. The fraction of sp³-hybridized carbons (Fsp3) is 0.414. The summed E-state index contributed by atoms with van der Waals surface area (Å²) in [6, 6.07) is 11.4. The molecule has 1 amide bonds. The number of nitrogens with zero attached hydrogens (tertiary/aromatic N) is 4. The number of ether oxygens (including phenoxy) is 1. The van der Waals surface area contributed by atoms with Crippen LogP contribution in [0, 0.1) is 0 Å². The van der Waals surface area contributed by atoms with E-state index in [1.165, 1.54) is 7.11 Å². The van der Waals surface area contributed by atoms with Gasteiger partial charge in [-0.15, -0.1) is 0 Å². The minimum absolute atomic E-state index is 0.0183. The SMILES string of the molecule is COc1cc(N2CCN(C)[C@H](C)C2)ccc1Nc1ncc(C(F)(F)F)c(NCc2cccc3c2C(C)(C)C(=O)N3)n1. The highest BCUT2D eigenvalue weighted by Gasteiger charge is 2.40. The molecule has 2 aliphatic heterocycles. The van der Waals surface area contributed by atoms with Crippen molar-refractivity contribution >= 4 is 34.7 Å². The van der Waals surface area contributed by atoms with E-state index in [4.69, 9.17) is 4.74 Å². The van der Waals surface area contributed by atoms with Gasteiger partial charge in [-0.05, 0) is 57.1 Å². The van der Waals surface area contributed by atoms with Crippen molar-refractivity contribution in [3.05, 3.63) is 59.3 Å². The minimum atomic E-state index is -4.67. The molecule has 0 bridgehead atoms. The number of hydrogen-bond acceptors (Lipinski definition) is 8. The Labute approximate surface area is 237 Å². The highest BCUT2D eigenvalue weighted by Crippen LogP contribution is 2.41. The number of likely N-dealkylation sites (N-methyl/N-ethyl adjacent to an activating group) is 1. The molecule has 3 aromatic rings. The fourth-order valence-electron chi connectivity index (χ4n) is 5.33. The zero-order chi connectivity index (χ0) is 29.5. The molecule has 1 atom stereocenters. The van der Waals surface area contributed by atoms with Crippen LogP contribution in [-0.2, 0) is 22.9 Å². The molecular formula is C29H34F3N7O2. The Bertz CT molecular complexity index is 1460. The van der Waals surface area contributed by atoms with Gasteiger partial charge in [0.25, 0.3) is 0 Å². The normalized spacial score (nSPS) is 18.6. The highest BCUT2D eigenvalue weighted by molar-refractivity contribution is 6.06. The molecule has 0 unspecified atom stereocenters. The summed E-state index contributed by atoms with van der Waals surface area (Å²) >= 11 is 0. The molecule has 3 N–H and O–H groups in total. The monoisotopic (exact) mass is 569 g/mol. The van der Waals surface area contributed by atoms with Crippen LogP contribution in [0.4, 0.5) is 42.0 Å². The molecule has 0 aliphatic carbocycles. The second-order valence-electron chi connectivity index (χ2n) is 11.0. The van der Waals surface area contributed by atoms with Crippen LogP contribution in [0.2, 0.25) is 0 Å². The summed E-state index contributed by atoms with van der Waals surface area (Å²) in [6.07, 6.45) is -3.91. The molecule has 218 valence electrons. The number of amides is 1. The lowest BCUT2D eigenvalue weighted by Crippen LogP contribution is -2.50. The van der Waals surface area contributed by atoms with Crippen molar-refractivity contribution in [2.75, 3.05) is 54.6 Å². The Morgan fingerprint density at radius 1 is 1.20 bits per heavy atom. The molecule has 0 saturated carbocycles. The van der Waals surface area contributed by atoms with Crippen molar-refractivity contribution < 1.29 is 22.7 Å². The van der Waals surface area contributed by atoms with Crippen LogP contribution in [0.3, 0.4) is 0 Å². The van der Waals surface area contributed by atoms with Crippen molar-refractivity contribution in [2.45, 2.75) is 44.9 Å². The Hall–Kier alpha value is -4.06. The van der Waals surface area contributed by atoms with Gasteiger partial charge in [0.15, 0.2) is 0 Å². The fourth-order valence-corrected chi connectivity index (χ4v) is 5.33. The quantitative estimate of drug-likeness (QED) is 0.356. The molecular weight excluding hydrogens is 535 g/mol. The molecule has 12 heteroatoms. The Kier molecular flexibility index (Phi) is 7.45. The third-order valence-electron chi connectivity index (χ3n) is 7.89. The first-order chi connectivity index (χ1) is 19.4. The summed E-state index contributed by atoms with van der Waals surface area (Å²) in [5.74, 6) is -0.0298. The molecule has 1 fully saturated rings. The molecule has 0 spiro atoms. The lowest BCUT2D eigenvalue weighted by molar-refractivity contribution is -0.137. The van der Waals surface area contributed by atoms with Crippen LogP contribution in [0.1, 0.15) is 37.5 Å². The smallest absolute Gasteiger partial charge is 0.421 e. The third-order valence-corrected chi connectivity index (χ3v) is 7.89. The van der Waals surface area contributed by atoms with Crippen LogP contribution in [0.25, 0.3) is 0 Å². The number of benzene rings is 2. The first-order valence-corrected chi connectivity index (χ1v) is 13.4. The number of nitrogens with one attached hydrogen (secondary N) is 3. The second kappa shape index (κ2) is 10.7. The number of anilines is 5. The first-order valence-electron chi connectivity index (χ1n) is 13.4. The van der Waals surface area contributed by atoms with Crippen molar-refractivity contribution in [3.63, 3.8) is 0 Å². The van der Waals surface area contributed by atoms with E-state index in [0.717, 1.165) is 37.1 Å². The summed E-state index contributed by atoms with van der Waals surface area (Å²) < 4.78 is 47.3. The van der Waals surface area contributed by atoms with E-state index in [9.17, 15) is 18.0 Å². The summed E-state index contributed by atoms with van der Waals surface area (Å²) in [4.78, 5) is 25.2. The number of piperazine rings is 1. The molecule has 41 heavy (non-hydrogen) atoms. The van der Waals surface area contributed by atoms with Gasteiger partial charge in [-0.25, -0.2) is 4.98 Å². The van der Waals surface area contributed by atoms with Crippen LogP contribution >= 0.6 is 0 Å². The zero-order valence-corrected chi connectivity index (χ0v) is 23.7. The number of halogens is 3. The summed E-state index contributed by atoms with van der Waals surface area (Å²) in [5, 5.41) is 8.69. The maximum absolute atomic E-state index is 13.9. The van der Waals surface area contributed by atoms with E-state index in [1.54, 1.807) is 32.0 Å². The van der Waals surface area contributed by atoms with Gasteiger partial charge in [0.1, 0.15) is 17.1 Å². The van der Waals surface area contributed by atoms with Gasteiger partial charge >= 0.3 is 6.18 Å². The van der Waals surface area contributed by atoms with E-state index >= 15 is 0 Å². The van der Waals surface area contributed by atoms with Crippen LogP contribution in [-0.4, -0.2) is 60.6 Å². The van der Waals surface area contributed by atoms with E-state index in [1.807, 2.05) is 18.2 Å². The van der Waals surface area contributed by atoms with Crippen molar-refractivity contribution in [3.8, 4) is 5.75 Å². The lowest BCUT2D eigenvalue weighted by atomic mass is 9.83. The van der Waals surface area contributed by atoms with Crippen molar-refractivity contribution in [1.29, 1.82) is 0 Å². The van der Waals surface area contributed by atoms with E-state index in [-0.39, 0.29) is 24.2 Å². The predicted molar refractivity (Wildman–Crippen MR) is 153 cm³/mol. The van der Waals surface area contributed by atoms with E-state index in [2.05, 4.69) is 49.7 Å². The zero-order valence-electron chi connectivity index (χ0n) is 23.7. The van der Waals surface area contributed by atoms with Crippen molar-refractivity contribution in [2.24, 2.45) is 0 Å². The number of methoxy groups -OCH3 is 1. The highest BCUT2D eigenvalue weighted by atomic mass is 19.4. The average molecular weight is 570 g/mol. The maximum Gasteiger partial charge on any atom is 0.421 e. The largest absolute Gasteiger partial charge is 0.494 e. The van der Waals surface area contributed by atoms with Gasteiger partial charge in [-0.1, -0.05) is 12.1 Å². The lowest BCUT2D eigenvalue weighted by Gasteiger charge is -2.39. The number of hydrogen-bond donors (Lipinski definition) is 3. The summed E-state index contributed by atoms with van der Waals surface area (Å²) in [7, 11) is 3.64. The van der Waals surface area contributed by atoms with Gasteiger partial charge < -0.3 is 30.5 Å². The Balaban J connectivity index is 1.40. The molecule has 9 nitrogen and oxygen atoms in total. The molecule has 3 heterocycles. The average Bonchev–Trinajstić information content (AvgIpc) is 3.16. The topological polar surface area (TPSA) is 94.7 Å². The minimum Gasteiger partial charge on any atom is -0.494 e. The Morgan fingerprint density at radius 3 is 2.68 bits per heavy atom. The number of aromatic nitrogens is 2. The standard InChI is InChI=1S/C29H34F3N7O2/c1-17-16-39(12-11-38(17)4)19-9-10-21(23(13-19)41-5)36-27-34-15-20(29(30,31)32)25(37-27)33-14-18-7-6-8-22-24(18)28(2,3)26(40)35-22/h6-10,13,15,17H,11-12,14,16H2,1-5H3,(H,35,40)(H2,33,34,36,37)/t17-/m1/s1.